The Labute approximate surface area is 70.8 Å². The van der Waals surface area contributed by atoms with Crippen molar-refractivity contribution >= 4 is 15.9 Å². The van der Waals surface area contributed by atoms with Gasteiger partial charge in [0.15, 0.2) is 0 Å². The van der Waals surface area contributed by atoms with E-state index in [1.54, 1.807) is 0 Å². The molecule has 2 aliphatic carbocycles. The van der Waals surface area contributed by atoms with E-state index in [1.807, 2.05) is 0 Å². The molecule has 0 N–H and O–H groups in total. The van der Waals surface area contributed by atoms with Gasteiger partial charge in [0.25, 0.3) is 0 Å². The van der Waals surface area contributed by atoms with Crippen molar-refractivity contribution in [1.82, 2.24) is 0 Å². The molecule has 0 heterocycles. The van der Waals surface area contributed by atoms with E-state index in [1.165, 1.54) is 25.7 Å². The summed E-state index contributed by atoms with van der Waals surface area (Å²) in [5.41, 5.74) is 0. The molecule has 0 nitrogen and oxygen atoms in total. The summed E-state index contributed by atoms with van der Waals surface area (Å²) in [6, 6.07) is 0. The Hall–Kier alpha value is 0.220. The predicted molar refractivity (Wildman–Crippen MR) is 47.3 cm³/mol. The molecule has 56 valence electrons. The van der Waals surface area contributed by atoms with E-state index in [-0.39, 0.29) is 0 Å². The fourth-order valence-corrected chi connectivity index (χ4v) is 2.93. The van der Waals surface area contributed by atoms with Gasteiger partial charge in [-0.2, -0.15) is 0 Å². The Balaban J connectivity index is 2.01. The number of rotatable bonds is 0. The highest BCUT2D eigenvalue weighted by molar-refractivity contribution is 9.09. The van der Waals surface area contributed by atoms with E-state index in [9.17, 15) is 0 Å². The van der Waals surface area contributed by atoms with Crippen molar-refractivity contribution in [2.75, 3.05) is 0 Å². The Kier molecular flexibility index (Phi) is 1.86. The third kappa shape index (κ3) is 1.16. The lowest BCUT2D eigenvalue weighted by atomic mass is 9.81. The van der Waals surface area contributed by atoms with Gasteiger partial charge in [-0.05, 0) is 37.5 Å². The molecule has 0 aromatic carbocycles. The second kappa shape index (κ2) is 2.69. The summed E-state index contributed by atoms with van der Waals surface area (Å²) >= 11 is 3.70. The van der Waals surface area contributed by atoms with Crippen LogP contribution in [0.3, 0.4) is 0 Å². The summed E-state index contributed by atoms with van der Waals surface area (Å²) in [4.78, 5) is 0.814. The minimum atomic E-state index is 0.814. The zero-order valence-electron chi connectivity index (χ0n) is 6.09. The molecule has 3 atom stereocenters. The van der Waals surface area contributed by atoms with Gasteiger partial charge in [-0.15, -0.1) is 0 Å². The third-order valence-corrected chi connectivity index (χ3v) is 3.63. The van der Waals surface area contributed by atoms with Crippen LogP contribution in [0.5, 0.6) is 0 Å². The second-order valence-electron chi connectivity index (χ2n) is 3.50. The zero-order chi connectivity index (χ0) is 6.97. The summed E-state index contributed by atoms with van der Waals surface area (Å²) < 4.78 is 0. The molecule has 2 rings (SSSR count). The van der Waals surface area contributed by atoms with Gasteiger partial charge in [0.05, 0.1) is 0 Å². The highest BCUT2D eigenvalue weighted by Gasteiger charge is 2.29. The molecule has 0 aromatic rings. The van der Waals surface area contributed by atoms with Crippen LogP contribution in [0, 0.1) is 11.8 Å². The van der Waals surface area contributed by atoms with Gasteiger partial charge in [0, 0.05) is 4.83 Å². The van der Waals surface area contributed by atoms with Crippen LogP contribution in [0.2, 0.25) is 0 Å². The monoisotopic (exact) mass is 200 g/mol. The molecule has 0 aromatic heterocycles. The zero-order valence-corrected chi connectivity index (χ0v) is 7.68. The molecule has 0 aliphatic heterocycles. The van der Waals surface area contributed by atoms with Crippen molar-refractivity contribution in [2.24, 2.45) is 11.8 Å². The average molecular weight is 201 g/mol. The minimum absolute atomic E-state index is 0.814. The molecule has 0 radical (unpaired) electrons. The van der Waals surface area contributed by atoms with Gasteiger partial charge in [0.2, 0.25) is 0 Å². The molecular formula is C9H13Br. The van der Waals surface area contributed by atoms with Crippen molar-refractivity contribution in [2.45, 2.75) is 30.5 Å². The first-order valence-electron chi connectivity index (χ1n) is 4.17. The molecular weight excluding hydrogens is 188 g/mol. The fourth-order valence-electron chi connectivity index (χ4n) is 2.18. The minimum Gasteiger partial charge on any atom is -0.0891 e. The summed E-state index contributed by atoms with van der Waals surface area (Å²) in [6.45, 7) is 0. The Morgan fingerprint density at radius 2 is 2.20 bits per heavy atom. The normalized spacial score (nSPS) is 45.5. The highest BCUT2D eigenvalue weighted by Crippen LogP contribution is 2.39. The van der Waals surface area contributed by atoms with E-state index in [2.05, 4.69) is 28.1 Å². The van der Waals surface area contributed by atoms with Gasteiger partial charge in [-0.3, -0.25) is 0 Å². The number of halogens is 1. The number of hydrogen-bond donors (Lipinski definition) is 0. The van der Waals surface area contributed by atoms with E-state index in [4.69, 9.17) is 0 Å². The average Bonchev–Trinajstić information content (AvgIpc) is 2.33. The quantitative estimate of drug-likeness (QED) is 0.417. The topological polar surface area (TPSA) is 0 Å². The van der Waals surface area contributed by atoms with Crippen LogP contribution in [0.15, 0.2) is 12.2 Å². The second-order valence-corrected chi connectivity index (χ2v) is 4.79. The van der Waals surface area contributed by atoms with Crippen molar-refractivity contribution in [1.29, 1.82) is 0 Å². The molecule has 2 aliphatic rings. The van der Waals surface area contributed by atoms with Crippen LogP contribution in [0.4, 0.5) is 0 Å². The summed E-state index contributed by atoms with van der Waals surface area (Å²) in [5, 5.41) is 0. The largest absolute Gasteiger partial charge is 0.0891 e. The molecule has 0 amide bonds. The molecule has 1 fully saturated rings. The van der Waals surface area contributed by atoms with Crippen LogP contribution in [0.25, 0.3) is 0 Å². The lowest BCUT2D eigenvalue weighted by Crippen LogP contribution is -2.20. The first-order valence-corrected chi connectivity index (χ1v) is 5.08. The van der Waals surface area contributed by atoms with Crippen molar-refractivity contribution < 1.29 is 0 Å². The third-order valence-electron chi connectivity index (χ3n) is 2.80. The maximum atomic E-state index is 3.70. The lowest BCUT2D eigenvalue weighted by molar-refractivity contribution is 0.314. The van der Waals surface area contributed by atoms with Crippen LogP contribution in [-0.2, 0) is 0 Å². The van der Waals surface area contributed by atoms with Gasteiger partial charge in [-0.25, -0.2) is 0 Å². The number of allylic oxidation sites excluding steroid dienone is 2. The molecule has 0 bridgehead atoms. The van der Waals surface area contributed by atoms with Crippen molar-refractivity contribution in [3.05, 3.63) is 12.2 Å². The Morgan fingerprint density at radius 3 is 3.10 bits per heavy atom. The van der Waals surface area contributed by atoms with Crippen molar-refractivity contribution in [3.63, 3.8) is 0 Å². The Morgan fingerprint density at radius 1 is 1.30 bits per heavy atom. The number of fused-ring (bicyclic) bond motifs is 1. The van der Waals surface area contributed by atoms with E-state index >= 15 is 0 Å². The maximum Gasteiger partial charge on any atom is 0.0149 e. The molecule has 1 heteroatoms. The predicted octanol–water partition coefficient (Wildman–Crippen LogP) is 3.13. The van der Waals surface area contributed by atoms with E-state index in [0.717, 1.165) is 16.7 Å². The number of hydrogen-bond acceptors (Lipinski definition) is 0. The fraction of sp³-hybridized carbons (Fsp3) is 0.778. The lowest BCUT2D eigenvalue weighted by Gasteiger charge is -2.28. The highest BCUT2D eigenvalue weighted by atomic mass is 79.9. The first kappa shape index (κ1) is 6.90. The SMILES string of the molecule is BrC1CC[C@@H]2C=CC[C@@H]2C1. The van der Waals surface area contributed by atoms with Crippen LogP contribution in [0.1, 0.15) is 25.7 Å². The van der Waals surface area contributed by atoms with Crippen LogP contribution in [-0.4, -0.2) is 4.83 Å². The van der Waals surface area contributed by atoms with Crippen molar-refractivity contribution in [3.8, 4) is 0 Å². The van der Waals surface area contributed by atoms with Crippen LogP contribution >= 0.6 is 15.9 Å². The summed E-state index contributed by atoms with van der Waals surface area (Å²) in [5.74, 6) is 1.92. The van der Waals surface area contributed by atoms with Gasteiger partial charge in [0.1, 0.15) is 0 Å². The summed E-state index contributed by atoms with van der Waals surface area (Å²) in [7, 11) is 0. The smallest absolute Gasteiger partial charge is 0.0149 e. The van der Waals surface area contributed by atoms with Gasteiger partial charge >= 0.3 is 0 Å². The molecule has 10 heavy (non-hydrogen) atoms. The maximum absolute atomic E-state index is 3.70. The molecule has 0 spiro atoms. The van der Waals surface area contributed by atoms with E-state index in [0.29, 0.717) is 0 Å². The molecule has 0 saturated heterocycles. The first-order chi connectivity index (χ1) is 4.86. The van der Waals surface area contributed by atoms with Gasteiger partial charge < -0.3 is 0 Å². The molecule has 1 saturated carbocycles. The van der Waals surface area contributed by atoms with Crippen LogP contribution < -0.4 is 0 Å². The standard InChI is InChI=1S/C9H13Br/c10-9-5-4-7-2-1-3-8(7)6-9/h1-2,7-9H,3-6H2/t7-,8+,9?/m0/s1. The summed E-state index contributed by atoms with van der Waals surface area (Å²) in [6.07, 6.45) is 10.3. The Bertz CT molecular complexity index is 151. The number of alkyl halides is 1. The molecule has 1 unspecified atom stereocenters. The van der Waals surface area contributed by atoms with Gasteiger partial charge in [-0.1, -0.05) is 28.1 Å². The van der Waals surface area contributed by atoms with E-state index < -0.39 is 0 Å².